The Labute approximate surface area is 93.4 Å². The third-order valence-electron chi connectivity index (χ3n) is 0.783. The average molecular weight is 235 g/mol. The normalized spacial score (nSPS) is 9.50. The molecule has 0 aromatic rings. The lowest BCUT2D eigenvalue weighted by Crippen LogP contribution is -2.35. The fourth-order valence-corrected chi connectivity index (χ4v) is 0.462. The van der Waals surface area contributed by atoms with Crippen LogP contribution in [-0.2, 0) is 14.3 Å². The van der Waals surface area contributed by atoms with Gasteiger partial charge in [-0.3, -0.25) is 9.59 Å². The minimum atomic E-state index is -1.10. The van der Waals surface area contributed by atoms with E-state index in [1.165, 1.54) is 0 Å². The van der Waals surface area contributed by atoms with Crippen LogP contribution in [0.25, 0.3) is 0 Å². The first-order valence-electron chi connectivity index (χ1n) is 4.42. The van der Waals surface area contributed by atoms with Crippen molar-refractivity contribution in [3.8, 4) is 0 Å². The molecule has 0 saturated heterocycles. The number of carbonyl (C=O) groups excluding carboxylic acids is 1. The van der Waals surface area contributed by atoms with Crippen LogP contribution in [0.4, 0.5) is 4.79 Å². The Morgan fingerprint density at radius 1 is 1.19 bits per heavy atom. The van der Waals surface area contributed by atoms with Crippen LogP contribution in [0.1, 0.15) is 27.7 Å². The summed E-state index contributed by atoms with van der Waals surface area (Å²) in [4.78, 5) is 29.8. The maximum absolute atomic E-state index is 10.8. The molecule has 0 unspecified atom stereocenters. The highest BCUT2D eigenvalue weighted by molar-refractivity contribution is 5.76. The van der Waals surface area contributed by atoms with Gasteiger partial charge in [-0.1, -0.05) is 0 Å². The first kappa shape index (κ1) is 16.6. The van der Waals surface area contributed by atoms with Crippen LogP contribution >= 0.6 is 0 Å². The molecule has 94 valence electrons. The summed E-state index contributed by atoms with van der Waals surface area (Å²) in [7, 11) is 0. The molecule has 0 aliphatic carbocycles. The molecule has 0 saturated carbocycles. The molecule has 0 aromatic carbocycles. The molecule has 0 aliphatic heterocycles. The predicted octanol–water partition coefficient (Wildman–Crippen LogP) is 0.687. The van der Waals surface area contributed by atoms with Crippen molar-refractivity contribution in [1.82, 2.24) is 5.32 Å². The summed E-state index contributed by atoms with van der Waals surface area (Å²) < 4.78 is 4.77. The molecular weight excluding hydrogens is 218 g/mol. The Balaban J connectivity index is 0. The summed E-state index contributed by atoms with van der Waals surface area (Å²) in [6.45, 7) is 5.77. The van der Waals surface area contributed by atoms with E-state index in [2.05, 4.69) is 5.32 Å². The fraction of sp³-hybridized carbons (Fsp3) is 0.667. The molecule has 0 aromatic heterocycles. The van der Waals surface area contributed by atoms with Crippen molar-refractivity contribution >= 4 is 18.0 Å². The second-order valence-corrected chi connectivity index (χ2v) is 3.77. The number of hydrogen-bond donors (Lipinski definition) is 3. The molecule has 0 spiro atoms. The molecule has 0 atom stereocenters. The van der Waals surface area contributed by atoms with E-state index in [1.807, 2.05) is 0 Å². The lowest BCUT2D eigenvalue weighted by molar-refractivity contribution is -0.136. The van der Waals surface area contributed by atoms with Gasteiger partial charge in [-0.05, 0) is 20.8 Å². The highest BCUT2D eigenvalue weighted by Crippen LogP contribution is 2.05. The number of carbonyl (C=O) groups is 3. The standard InChI is InChI=1S/C7H13NO4.C2H4O2/c1-7(2,3)12-6(11)8-4-5(9)10;1-2(3)4/h4H2,1-3H3,(H,8,11)(H,9,10);1H3,(H,3,4). The number of carboxylic acid groups (broad SMARTS) is 2. The van der Waals surface area contributed by atoms with Crippen LogP contribution in [0.2, 0.25) is 0 Å². The van der Waals surface area contributed by atoms with Gasteiger partial charge in [0.2, 0.25) is 0 Å². The van der Waals surface area contributed by atoms with Crippen molar-refractivity contribution in [2.24, 2.45) is 0 Å². The van der Waals surface area contributed by atoms with Crippen LogP contribution in [0.5, 0.6) is 0 Å². The highest BCUT2D eigenvalue weighted by Gasteiger charge is 2.15. The van der Waals surface area contributed by atoms with E-state index in [9.17, 15) is 9.59 Å². The SMILES string of the molecule is CC(=O)O.CC(C)(C)OC(=O)NCC(=O)O. The maximum atomic E-state index is 10.8. The smallest absolute Gasteiger partial charge is 0.408 e. The minimum absolute atomic E-state index is 0.422. The molecule has 0 bridgehead atoms. The average Bonchev–Trinajstić information content (AvgIpc) is 1.96. The molecule has 16 heavy (non-hydrogen) atoms. The van der Waals surface area contributed by atoms with Crippen molar-refractivity contribution in [2.45, 2.75) is 33.3 Å². The van der Waals surface area contributed by atoms with Crippen LogP contribution < -0.4 is 5.32 Å². The molecule has 7 heteroatoms. The van der Waals surface area contributed by atoms with E-state index in [0.717, 1.165) is 6.92 Å². The molecule has 0 fully saturated rings. The number of ether oxygens (including phenoxy) is 1. The van der Waals surface area contributed by atoms with Gasteiger partial charge in [-0.2, -0.15) is 0 Å². The summed E-state index contributed by atoms with van der Waals surface area (Å²) in [6.07, 6.45) is -0.718. The van der Waals surface area contributed by atoms with E-state index in [-0.39, 0.29) is 0 Å². The predicted molar refractivity (Wildman–Crippen MR) is 55.2 cm³/mol. The molecule has 7 nitrogen and oxygen atoms in total. The second kappa shape index (κ2) is 7.49. The molecule has 0 rings (SSSR count). The number of hydrogen-bond acceptors (Lipinski definition) is 4. The first-order chi connectivity index (χ1) is 7.04. The monoisotopic (exact) mass is 235 g/mol. The summed E-state index contributed by atoms with van der Waals surface area (Å²) >= 11 is 0. The Morgan fingerprint density at radius 2 is 1.56 bits per heavy atom. The highest BCUT2D eigenvalue weighted by atomic mass is 16.6. The van der Waals surface area contributed by atoms with Gasteiger partial charge in [-0.15, -0.1) is 0 Å². The molecule has 0 heterocycles. The van der Waals surface area contributed by atoms with Gasteiger partial charge < -0.3 is 20.3 Å². The van der Waals surface area contributed by atoms with Crippen molar-refractivity contribution < 1.29 is 29.3 Å². The summed E-state index contributed by atoms with van der Waals surface area (Å²) in [5.74, 6) is -1.93. The lowest BCUT2D eigenvalue weighted by Gasteiger charge is -2.19. The minimum Gasteiger partial charge on any atom is -0.481 e. The van der Waals surface area contributed by atoms with Crippen molar-refractivity contribution in [2.75, 3.05) is 6.54 Å². The van der Waals surface area contributed by atoms with Gasteiger partial charge in [-0.25, -0.2) is 4.79 Å². The van der Waals surface area contributed by atoms with E-state index in [4.69, 9.17) is 19.7 Å². The van der Waals surface area contributed by atoms with Crippen LogP contribution in [-0.4, -0.2) is 40.4 Å². The van der Waals surface area contributed by atoms with E-state index >= 15 is 0 Å². The van der Waals surface area contributed by atoms with Gasteiger partial charge >= 0.3 is 12.1 Å². The first-order valence-corrected chi connectivity index (χ1v) is 4.42. The number of rotatable bonds is 2. The number of nitrogens with one attached hydrogen (secondary N) is 1. The van der Waals surface area contributed by atoms with Gasteiger partial charge in [0.05, 0.1) is 0 Å². The molecular formula is C9H17NO6. The van der Waals surface area contributed by atoms with Crippen LogP contribution in [0, 0.1) is 0 Å². The second-order valence-electron chi connectivity index (χ2n) is 3.77. The number of aliphatic carboxylic acids is 2. The Kier molecular flexibility index (Phi) is 7.79. The van der Waals surface area contributed by atoms with E-state index in [1.54, 1.807) is 20.8 Å². The third kappa shape index (κ3) is 22.8. The molecule has 3 N–H and O–H groups in total. The molecule has 0 aliphatic rings. The maximum Gasteiger partial charge on any atom is 0.408 e. The van der Waals surface area contributed by atoms with Crippen LogP contribution in [0.15, 0.2) is 0 Å². The van der Waals surface area contributed by atoms with E-state index < -0.39 is 30.2 Å². The molecule has 0 radical (unpaired) electrons. The topological polar surface area (TPSA) is 113 Å². The number of carboxylic acids is 2. The van der Waals surface area contributed by atoms with Gasteiger partial charge in [0.25, 0.3) is 5.97 Å². The third-order valence-corrected chi connectivity index (χ3v) is 0.783. The van der Waals surface area contributed by atoms with Crippen molar-refractivity contribution in [1.29, 1.82) is 0 Å². The van der Waals surface area contributed by atoms with E-state index in [0.29, 0.717) is 0 Å². The van der Waals surface area contributed by atoms with Gasteiger partial charge in [0.15, 0.2) is 0 Å². The lowest BCUT2D eigenvalue weighted by atomic mass is 10.2. The number of alkyl carbamates (subject to hydrolysis) is 1. The molecule has 1 amide bonds. The van der Waals surface area contributed by atoms with Crippen LogP contribution in [0.3, 0.4) is 0 Å². The van der Waals surface area contributed by atoms with Crippen molar-refractivity contribution in [3.63, 3.8) is 0 Å². The number of amides is 1. The zero-order chi connectivity index (χ0) is 13.4. The summed E-state index contributed by atoms with van der Waals surface area (Å²) in [5, 5.41) is 17.7. The Morgan fingerprint density at radius 3 is 1.81 bits per heavy atom. The zero-order valence-corrected chi connectivity index (χ0v) is 9.73. The summed E-state index contributed by atoms with van der Waals surface area (Å²) in [6, 6.07) is 0. The van der Waals surface area contributed by atoms with Gasteiger partial charge in [0.1, 0.15) is 12.1 Å². The summed E-state index contributed by atoms with van der Waals surface area (Å²) in [5.41, 5.74) is -0.595. The Hall–Kier alpha value is -1.79. The zero-order valence-electron chi connectivity index (χ0n) is 9.73. The largest absolute Gasteiger partial charge is 0.481 e. The van der Waals surface area contributed by atoms with Gasteiger partial charge in [0, 0.05) is 6.92 Å². The quantitative estimate of drug-likeness (QED) is 0.648. The Bertz CT molecular complexity index is 251. The fourth-order valence-electron chi connectivity index (χ4n) is 0.462. The van der Waals surface area contributed by atoms with Crippen molar-refractivity contribution in [3.05, 3.63) is 0 Å².